The SMILES string of the molecule is C=CCN1CC(=O)N2C(CN(Cc3cccc4c(C(=O)Nc5ccc(N(C)C)cc5)cn(C)c34)C(=O)[C@@H]2Cc2ccc(O)cc2)N1C(=O)NCc1ccccc1. The molecule has 2 fully saturated rings. The average Bonchev–Trinajstić information content (AvgIpc) is 3.54. The van der Waals surface area contributed by atoms with Gasteiger partial charge < -0.3 is 35.0 Å². The van der Waals surface area contributed by atoms with Gasteiger partial charge in [-0.1, -0.05) is 66.7 Å². The van der Waals surface area contributed by atoms with Crippen molar-refractivity contribution in [2.24, 2.45) is 7.05 Å². The van der Waals surface area contributed by atoms with E-state index in [-0.39, 0.29) is 62.6 Å². The summed E-state index contributed by atoms with van der Waals surface area (Å²) in [6.07, 6.45) is 2.77. The Bertz CT molecular complexity index is 2250. The number of benzene rings is 4. The normalized spacial score (nSPS) is 17.2. The van der Waals surface area contributed by atoms with Gasteiger partial charge in [0, 0.05) is 70.2 Å². The van der Waals surface area contributed by atoms with E-state index in [1.807, 2.05) is 103 Å². The van der Waals surface area contributed by atoms with Crippen molar-refractivity contribution in [1.29, 1.82) is 0 Å². The van der Waals surface area contributed by atoms with E-state index < -0.39 is 18.2 Å². The molecule has 0 spiro atoms. The number of phenolic OH excluding ortho intramolecular Hbond substituents is 1. The standard InChI is InChI=1S/C43H46N8O5/c1-5-22-49-28-39(53)50-37(23-29-14-20-34(52)21-15-29)42(55)48(27-38(50)51(49)43(56)44-24-30-10-7-6-8-11-30)25-31-12-9-13-35-36(26-47(4)40(31)35)41(54)45-32-16-18-33(19-17-32)46(2)3/h5-21,26,37-38,52H,1,22-25,27-28H2,2-4H3,(H,44,56)(H,45,54)/t37-,38?/m0/s1. The first kappa shape index (κ1) is 37.7. The molecule has 3 N–H and O–H groups in total. The van der Waals surface area contributed by atoms with Gasteiger partial charge in [-0.25, -0.2) is 14.8 Å². The molecular formula is C43H46N8O5. The molecule has 2 saturated heterocycles. The Kier molecular flexibility index (Phi) is 10.8. The van der Waals surface area contributed by atoms with Crippen molar-refractivity contribution in [1.82, 2.24) is 29.7 Å². The van der Waals surface area contributed by atoms with Crippen molar-refractivity contribution >= 4 is 46.0 Å². The zero-order valence-electron chi connectivity index (χ0n) is 31.8. The second-order valence-corrected chi connectivity index (χ2v) is 14.4. The van der Waals surface area contributed by atoms with Gasteiger partial charge in [0.15, 0.2) is 0 Å². The van der Waals surface area contributed by atoms with Crippen molar-refractivity contribution < 1.29 is 24.3 Å². The van der Waals surface area contributed by atoms with E-state index in [1.54, 1.807) is 56.4 Å². The van der Waals surface area contributed by atoms with E-state index in [2.05, 4.69) is 17.2 Å². The number of hydrazine groups is 1. The van der Waals surface area contributed by atoms with Crippen LogP contribution in [-0.4, -0.2) is 99.2 Å². The fourth-order valence-electron chi connectivity index (χ4n) is 7.66. The zero-order chi connectivity index (χ0) is 39.5. The van der Waals surface area contributed by atoms with Crippen molar-refractivity contribution in [3.05, 3.63) is 138 Å². The first-order valence-electron chi connectivity index (χ1n) is 18.5. The third-order valence-electron chi connectivity index (χ3n) is 10.4. The number of aromatic hydroxyl groups is 1. The second-order valence-electron chi connectivity index (χ2n) is 14.4. The van der Waals surface area contributed by atoms with Crippen molar-refractivity contribution in [3.8, 4) is 5.75 Å². The number of fused-ring (bicyclic) bond motifs is 2. The summed E-state index contributed by atoms with van der Waals surface area (Å²) >= 11 is 0. The Labute approximate surface area is 326 Å². The van der Waals surface area contributed by atoms with E-state index in [9.17, 15) is 24.3 Å². The highest BCUT2D eigenvalue weighted by molar-refractivity contribution is 6.13. The molecule has 13 nitrogen and oxygen atoms in total. The van der Waals surface area contributed by atoms with Gasteiger partial charge in [0.25, 0.3) is 5.91 Å². The Balaban J connectivity index is 1.22. The lowest BCUT2D eigenvalue weighted by atomic mass is 9.98. The van der Waals surface area contributed by atoms with Crippen LogP contribution in [0.25, 0.3) is 10.9 Å². The van der Waals surface area contributed by atoms with Gasteiger partial charge in [-0.15, -0.1) is 6.58 Å². The van der Waals surface area contributed by atoms with Crippen LogP contribution in [0, 0.1) is 0 Å². The van der Waals surface area contributed by atoms with E-state index in [1.165, 1.54) is 0 Å². The Morgan fingerprint density at radius 3 is 2.36 bits per heavy atom. The van der Waals surface area contributed by atoms with Gasteiger partial charge in [-0.2, -0.15) is 0 Å². The molecule has 56 heavy (non-hydrogen) atoms. The number of aromatic nitrogens is 1. The highest BCUT2D eigenvalue weighted by Crippen LogP contribution is 2.32. The molecule has 1 aromatic heterocycles. The lowest BCUT2D eigenvalue weighted by molar-refractivity contribution is -0.189. The summed E-state index contributed by atoms with van der Waals surface area (Å²) in [6, 6.07) is 28.1. The van der Waals surface area contributed by atoms with Gasteiger partial charge >= 0.3 is 6.03 Å². The van der Waals surface area contributed by atoms with Gasteiger partial charge in [0.2, 0.25) is 11.8 Å². The molecule has 0 aliphatic carbocycles. The van der Waals surface area contributed by atoms with Crippen LogP contribution in [-0.2, 0) is 36.1 Å². The first-order chi connectivity index (χ1) is 27.0. The van der Waals surface area contributed by atoms with E-state index >= 15 is 0 Å². The third-order valence-corrected chi connectivity index (χ3v) is 10.4. The lowest BCUT2D eigenvalue weighted by Gasteiger charge is -2.55. The molecule has 2 aliphatic heterocycles. The van der Waals surface area contributed by atoms with Crippen molar-refractivity contribution in [2.45, 2.75) is 31.7 Å². The third kappa shape index (κ3) is 7.66. The molecule has 5 aromatic rings. The number of amides is 5. The van der Waals surface area contributed by atoms with E-state index in [0.29, 0.717) is 11.3 Å². The number of carbonyl (C=O) groups is 4. The Morgan fingerprint density at radius 1 is 0.929 bits per heavy atom. The maximum atomic E-state index is 14.7. The smallest absolute Gasteiger partial charge is 0.334 e. The monoisotopic (exact) mass is 754 g/mol. The van der Waals surface area contributed by atoms with Crippen LogP contribution < -0.4 is 15.5 Å². The average molecular weight is 755 g/mol. The number of piperazine rings is 1. The Hall–Kier alpha value is -6.60. The number of nitrogens with zero attached hydrogens (tertiary/aromatic N) is 6. The topological polar surface area (TPSA) is 134 Å². The Morgan fingerprint density at radius 2 is 1.66 bits per heavy atom. The minimum atomic E-state index is -0.936. The molecule has 0 bridgehead atoms. The maximum Gasteiger partial charge on any atom is 0.334 e. The van der Waals surface area contributed by atoms with Crippen LogP contribution in [0.2, 0.25) is 0 Å². The number of hydrogen-bond donors (Lipinski definition) is 3. The summed E-state index contributed by atoms with van der Waals surface area (Å²) in [5.41, 5.74) is 5.42. The van der Waals surface area contributed by atoms with Crippen LogP contribution in [0.5, 0.6) is 5.75 Å². The molecule has 3 heterocycles. The number of phenols is 1. The zero-order valence-corrected chi connectivity index (χ0v) is 31.8. The van der Waals surface area contributed by atoms with E-state index in [0.717, 1.165) is 33.3 Å². The molecular weight excluding hydrogens is 709 g/mol. The molecule has 0 saturated carbocycles. The molecule has 4 aromatic carbocycles. The molecule has 5 amide bonds. The summed E-state index contributed by atoms with van der Waals surface area (Å²) in [5.74, 6) is -0.721. The maximum absolute atomic E-state index is 14.7. The van der Waals surface area contributed by atoms with Crippen molar-refractivity contribution in [3.63, 3.8) is 0 Å². The number of hydrogen-bond acceptors (Lipinski definition) is 7. The largest absolute Gasteiger partial charge is 0.508 e. The molecule has 1 unspecified atom stereocenters. The van der Waals surface area contributed by atoms with Crippen LogP contribution in [0.1, 0.15) is 27.0 Å². The highest BCUT2D eigenvalue weighted by Gasteiger charge is 2.51. The summed E-state index contributed by atoms with van der Waals surface area (Å²) in [6.45, 7) is 4.46. The summed E-state index contributed by atoms with van der Waals surface area (Å²) in [4.78, 5) is 61.7. The molecule has 288 valence electrons. The number of aryl methyl sites for hydroxylation is 1. The quantitative estimate of drug-likeness (QED) is 0.163. The predicted octanol–water partition coefficient (Wildman–Crippen LogP) is 4.94. The summed E-state index contributed by atoms with van der Waals surface area (Å²) < 4.78 is 1.89. The predicted molar refractivity (Wildman–Crippen MR) is 216 cm³/mol. The lowest BCUT2D eigenvalue weighted by Crippen LogP contribution is -2.76. The number of carbonyl (C=O) groups excluding carboxylic acids is 4. The minimum Gasteiger partial charge on any atom is -0.508 e. The van der Waals surface area contributed by atoms with Crippen LogP contribution in [0.3, 0.4) is 0 Å². The molecule has 0 radical (unpaired) electrons. The fraction of sp³-hybridized carbons (Fsp3) is 0.256. The molecule has 7 rings (SSSR count). The van der Waals surface area contributed by atoms with E-state index in [4.69, 9.17) is 0 Å². The summed E-state index contributed by atoms with van der Waals surface area (Å²) in [7, 11) is 5.78. The fourth-order valence-corrected chi connectivity index (χ4v) is 7.66. The number of anilines is 2. The van der Waals surface area contributed by atoms with Gasteiger partial charge in [-0.3, -0.25) is 14.4 Å². The van der Waals surface area contributed by atoms with Gasteiger partial charge in [-0.05, 0) is 53.1 Å². The second kappa shape index (κ2) is 16.0. The van der Waals surface area contributed by atoms with Gasteiger partial charge in [0.1, 0.15) is 18.0 Å². The van der Waals surface area contributed by atoms with Crippen LogP contribution >= 0.6 is 0 Å². The number of nitrogens with one attached hydrogen (secondary N) is 2. The minimum absolute atomic E-state index is 0.0418. The number of para-hydroxylation sites is 1. The molecule has 13 heteroatoms. The first-order valence-corrected chi connectivity index (χ1v) is 18.5. The molecule has 2 aliphatic rings. The number of rotatable bonds is 11. The number of urea groups is 1. The van der Waals surface area contributed by atoms with Crippen molar-refractivity contribution in [2.75, 3.05) is 43.9 Å². The highest BCUT2D eigenvalue weighted by atomic mass is 16.3. The van der Waals surface area contributed by atoms with Gasteiger partial charge in [0.05, 0.1) is 24.2 Å². The van der Waals surface area contributed by atoms with Crippen LogP contribution in [0.4, 0.5) is 16.2 Å². The summed E-state index contributed by atoms with van der Waals surface area (Å²) in [5, 5.41) is 19.9. The van der Waals surface area contributed by atoms with Crippen LogP contribution in [0.15, 0.2) is 116 Å². The molecule has 2 atom stereocenters.